The molecule has 1 aromatic carbocycles. The molecule has 2 saturated heterocycles. The molecular formula is C17H22N6O2. The Balaban J connectivity index is 1.67. The molecule has 8 heteroatoms. The van der Waals surface area contributed by atoms with Crippen molar-refractivity contribution < 1.29 is 9.59 Å². The van der Waals surface area contributed by atoms with Crippen LogP contribution >= 0.6 is 0 Å². The first kappa shape index (κ1) is 15.9. The maximum Gasteiger partial charge on any atom is 0.329 e. The van der Waals surface area contributed by atoms with Gasteiger partial charge in [0.15, 0.2) is 5.82 Å². The number of urea groups is 1. The number of anilines is 2. The highest BCUT2D eigenvalue weighted by atomic mass is 16.2. The van der Waals surface area contributed by atoms with E-state index in [0.717, 1.165) is 37.1 Å². The van der Waals surface area contributed by atoms with Crippen LogP contribution in [0.5, 0.6) is 0 Å². The Kier molecular flexibility index (Phi) is 3.84. The van der Waals surface area contributed by atoms with Crippen molar-refractivity contribution in [2.45, 2.75) is 6.42 Å². The van der Waals surface area contributed by atoms with Gasteiger partial charge < -0.3 is 9.80 Å². The summed E-state index contributed by atoms with van der Waals surface area (Å²) < 4.78 is 1.80. The third kappa shape index (κ3) is 2.82. The molecule has 1 N–H and O–H groups in total. The molecule has 8 nitrogen and oxygen atoms in total. The van der Waals surface area contributed by atoms with E-state index in [-0.39, 0.29) is 5.91 Å². The lowest BCUT2D eigenvalue weighted by molar-refractivity contribution is -0.120. The van der Waals surface area contributed by atoms with Crippen molar-refractivity contribution in [2.24, 2.45) is 7.05 Å². The normalized spacial score (nSPS) is 19.6. The number of amides is 3. The summed E-state index contributed by atoms with van der Waals surface area (Å²) in [4.78, 5) is 29.7. The first-order valence-electron chi connectivity index (χ1n) is 8.54. The Labute approximate surface area is 146 Å². The van der Waals surface area contributed by atoms with Crippen LogP contribution in [0.15, 0.2) is 18.2 Å². The van der Waals surface area contributed by atoms with E-state index in [0.29, 0.717) is 18.8 Å². The zero-order valence-electron chi connectivity index (χ0n) is 14.5. The zero-order valence-corrected chi connectivity index (χ0v) is 14.5. The maximum absolute atomic E-state index is 12.1. The van der Waals surface area contributed by atoms with Crippen molar-refractivity contribution in [3.63, 3.8) is 0 Å². The Hall–Kier alpha value is -2.61. The van der Waals surface area contributed by atoms with E-state index in [4.69, 9.17) is 0 Å². The zero-order chi connectivity index (χ0) is 17.6. The van der Waals surface area contributed by atoms with E-state index < -0.39 is 6.03 Å². The number of likely N-dealkylation sites (N-methyl/N-ethyl adjacent to an activating group) is 1. The predicted molar refractivity (Wildman–Crippen MR) is 95.9 cm³/mol. The second-order valence-electron chi connectivity index (χ2n) is 6.69. The SMILES string of the molecule is CN1CCN(c2ccc3c(N4CCC(=O)NC4=O)nn(C)c3c2)CC1. The average molecular weight is 342 g/mol. The van der Waals surface area contributed by atoms with Crippen LogP contribution < -0.4 is 15.1 Å². The number of aromatic nitrogens is 2. The third-order valence-electron chi connectivity index (χ3n) is 4.99. The molecule has 3 amide bonds. The fourth-order valence-corrected chi connectivity index (χ4v) is 3.45. The van der Waals surface area contributed by atoms with Crippen LogP contribution in [0.3, 0.4) is 0 Å². The molecule has 0 radical (unpaired) electrons. The van der Waals surface area contributed by atoms with E-state index >= 15 is 0 Å². The Morgan fingerprint density at radius 2 is 1.80 bits per heavy atom. The first-order chi connectivity index (χ1) is 12.0. The van der Waals surface area contributed by atoms with Gasteiger partial charge >= 0.3 is 6.03 Å². The number of hydrogen-bond acceptors (Lipinski definition) is 5. The smallest absolute Gasteiger partial charge is 0.329 e. The second kappa shape index (κ2) is 6.03. The highest BCUT2D eigenvalue weighted by molar-refractivity contribution is 6.09. The molecule has 0 saturated carbocycles. The lowest BCUT2D eigenvalue weighted by atomic mass is 10.2. The summed E-state index contributed by atoms with van der Waals surface area (Å²) in [6.07, 6.45) is 0.295. The number of nitrogens with one attached hydrogen (secondary N) is 1. The largest absolute Gasteiger partial charge is 0.369 e. The summed E-state index contributed by atoms with van der Waals surface area (Å²) in [5.41, 5.74) is 2.16. The number of rotatable bonds is 2. The highest BCUT2D eigenvalue weighted by Gasteiger charge is 2.28. The summed E-state index contributed by atoms with van der Waals surface area (Å²) in [6, 6.07) is 5.84. The van der Waals surface area contributed by atoms with Crippen LogP contribution in [0.2, 0.25) is 0 Å². The minimum absolute atomic E-state index is 0.237. The van der Waals surface area contributed by atoms with Gasteiger partial charge in [-0.2, -0.15) is 5.10 Å². The van der Waals surface area contributed by atoms with Crippen LogP contribution in [0.1, 0.15) is 6.42 Å². The second-order valence-corrected chi connectivity index (χ2v) is 6.69. The number of carbonyl (C=O) groups is 2. The van der Waals surface area contributed by atoms with E-state index in [1.165, 1.54) is 5.69 Å². The molecule has 2 aromatic rings. The van der Waals surface area contributed by atoms with Gasteiger partial charge in [-0.25, -0.2) is 4.79 Å². The molecule has 0 unspecified atom stereocenters. The number of aryl methyl sites for hydroxylation is 1. The molecule has 0 bridgehead atoms. The Bertz CT molecular complexity index is 837. The quantitative estimate of drug-likeness (QED) is 0.873. The molecular weight excluding hydrogens is 320 g/mol. The number of fused-ring (bicyclic) bond motifs is 1. The van der Waals surface area contributed by atoms with Gasteiger partial charge in [0.1, 0.15) is 0 Å². The predicted octanol–water partition coefficient (Wildman–Crippen LogP) is 0.771. The van der Waals surface area contributed by atoms with Gasteiger partial charge in [0.05, 0.1) is 5.52 Å². The fourth-order valence-electron chi connectivity index (χ4n) is 3.45. The number of imide groups is 1. The number of hydrogen-bond donors (Lipinski definition) is 1. The van der Waals surface area contributed by atoms with Crippen molar-refractivity contribution in [3.8, 4) is 0 Å². The van der Waals surface area contributed by atoms with Crippen molar-refractivity contribution in [1.29, 1.82) is 0 Å². The van der Waals surface area contributed by atoms with Crippen LogP contribution in [0, 0.1) is 0 Å². The van der Waals surface area contributed by atoms with Crippen LogP contribution in [0.25, 0.3) is 10.9 Å². The van der Waals surface area contributed by atoms with E-state index in [9.17, 15) is 9.59 Å². The molecule has 0 atom stereocenters. The van der Waals surface area contributed by atoms with E-state index in [2.05, 4.69) is 39.4 Å². The minimum Gasteiger partial charge on any atom is -0.369 e. The molecule has 2 fully saturated rings. The lowest BCUT2D eigenvalue weighted by Gasteiger charge is -2.34. The van der Waals surface area contributed by atoms with E-state index in [1.54, 1.807) is 9.58 Å². The molecule has 132 valence electrons. The highest BCUT2D eigenvalue weighted by Crippen LogP contribution is 2.30. The Morgan fingerprint density at radius 1 is 1.04 bits per heavy atom. The molecule has 2 aliphatic rings. The van der Waals surface area contributed by atoms with Crippen molar-refractivity contribution in [2.75, 3.05) is 49.6 Å². The molecule has 0 aliphatic carbocycles. The molecule has 25 heavy (non-hydrogen) atoms. The molecule has 3 heterocycles. The lowest BCUT2D eigenvalue weighted by Crippen LogP contribution is -2.49. The topological polar surface area (TPSA) is 73.7 Å². The number of benzene rings is 1. The van der Waals surface area contributed by atoms with Crippen LogP contribution in [0.4, 0.5) is 16.3 Å². The third-order valence-corrected chi connectivity index (χ3v) is 4.99. The summed E-state index contributed by atoms with van der Waals surface area (Å²) in [5, 5.41) is 7.81. The van der Waals surface area contributed by atoms with Crippen molar-refractivity contribution >= 4 is 34.3 Å². The van der Waals surface area contributed by atoms with Gasteiger partial charge in [0.25, 0.3) is 0 Å². The molecule has 0 spiro atoms. The number of piperazine rings is 1. The first-order valence-corrected chi connectivity index (χ1v) is 8.54. The molecule has 4 rings (SSSR count). The van der Waals surface area contributed by atoms with Crippen molar-refractivity contribution in [3.05, 3.63) is 18.2 Å². The molecule has 2 aliphatic heterocycles. The standard InChI is InChI=1S/C17H22N6O2/c1-20-7-9-22(10-8-20)12-3-4-13-14(11-12)21(2)19-16(13)23-6-5-15(24)18-17(23)25/h3-4,11H,5-10H2,1-2H3,(H,18,24,25). The summed E-state index contributed by atoms with van der Waals surface area (Å²) >= 11 is 0. The van der Waals surface area contributed by atoms with Gasteiger partial charge in [-0.15, -0.1) is 0 Å². The number of nitrogens with zero attached hydrogens (tertiary/aromatic N) is 5. The Morgan fingerprint density at radius 3 is 2.52 bits per heavy atom. The van der Waals surface area contributed by atoms with Crippen LogP contribution in [-0.4, -0.2) is 66.4 Å². The minimum atomic E-state index is -0.403. The summed E-state index contributed by atoms with van der Waals surface area (Å²) in [5.74, 6) is 0.367. The van der Waals surface area contributed by atoms with Gasteiger partial charge in [-0.05, 0) is 25.2 Å². The molecule has 1 aromatic heterocycles. The average Bonchev–Trinajstić information content (AvgIpc) is 2.92. The van der Waals surface area contributed by atoms with E-state index in [1.807, 2.05) is 13.1 Å². The van der Waals surface area contributed by atoms with Crippen molar-refractivity contribution in [1.82, 2.24) is 20.0 Å². The number of carbonyl (C=O) groups excluding carboxylic acids is 2. The van der Waals surface area contributed by atoms with Gasteiger partial charge in [0.2, 0.25) is 5.91 Å². The van der Waals surface area contributed by atoms with Gasteiger partial charge in [-0.1, -0.05) is 0 Å². The fraction of sp³-hybridized carbons (Fsp3) is 0.471. The summed E-state index contributed by atoms with van der Waals surface area (Å²) in [7, 11) is 4.02. The maximum atomic E-state index is 12.1. The van der Waals surface area contributed by atoms with Gasteiger partial charge in [0, 0.05) is 57.3 Å². The monoisotopic (exact) mass is 342 g/mol. The van der Waals surface area contributed by atoms with Gasteiger partial charge in [-0.3, -0.25) is 19.7 Å². The summed E-state index contributed by atoms with van der Waals surface area (Å²) in [6.45, 7) is 4.47. The van der Waals surface area contributed by atoms with Crippen LogP contribution in [-0.2, 0) is 11.8 Å².